The molecule has 2 aromatic heterocycles. The monoisotopic (exact) mass is 310 g/mol. The quantitative estimate of drug-likeness (QED) is 0.746. The summed E-state index contributed by atoms with van der Waals surface area (Å²) in [5, 5.41) is 20.7. The van der Waals surface area contributed by atoms with Crippen molar-refractivity contribution in [3.63, 3.8) is 0 Å². The highest BCUT2D eigenvalue weighted by Gasteiger charge is 2.11. The molecule has 3 rings (SSSR count). The molecular formula is C17H18N4O2. The van der Waals surface area contributed by atoms with Gasteiger partial charge in [0.05, 0.1) is 11.7 Å². The lowest BCUT2D eigenvalue weighted by Gasteiger charge is -2.12. The van der Waals surface area contributed by atoms with Gasteiger partial charge in [-0.25, -0.2) is 0 Å². The highest BCUT2D eigenvalue weighted by molar-refractivity contribution is 5.94. The number of hydrogen-bond acceptors (Lipinski definition) is 4. The van der Waals surface area contributed by atoms with Crippen molar-refractivity contribution in [2.24, 2.45) is 0 Å². The summed E-state index contributed by atoms with van der Waals surface area (Å²) in [5.41, 5.74) is 2.24. The van der Waals surface area contributed by atoms with Crippen LogP contribution in [0.25, 0.3) is 5.65 Å². The molecular weight excluding hydrogens is 292 g/mol. The number of aliphatic hydroxyl groups is 1. The van der Waals surface area contributed by atoms with Crippen LogP contribution >= 0.6 is 0 Å². The number of benzene rings is 1. The Balaban J connectivity index is 1.60. The molecule has 0 aliphatic heterocycles. The minimum absolute atomic E-state index is 0.201. The highest BCUT2D eigenvalue weighted by Crippen LogP contribution is 2.07. The zero-order valence-electron chi connectivity index (χ0n) is 12.8. The van der Waals surface area contributed by atoms with Crippen molar-refractivity contribution >= 4 is 11.6 Å². The van der Waals surface area contributed by atoms with Crippen LogP contribution in [0.3, 0.4) is 0 Å². The van der Waals surface area contributed by atoms with Crippen LogP contribution in [0.4, 0.5) is 0 Å². The first-order valence-corrected chi connectivity index (χ1v) is 7.45. The Morgan fingerprint density at radius 3 is 2.78 bits per heavy atom. The molecule has 0 aliphatic carbocycles. The maximum absolute atomic E-state index is 12.2. The molecule has 2 heterocycles. The lowest BCUT2D eigenvalue weighted by molar-refractivity contribution is 0.0915. The van der Waals surface area contributed by atoms with Gasteiger partial charge in [0.2, 0.25) is 0 Å². The Morgan fingerprint density at radius 1 is 1.22 bits per heavy atom. The normalized spacial score (nSPS) is 12.3. The zero-order chi connectivity index (χ0) is 16.2. The van der Waals surface area contributed by atoms with Crippen LogP contribution in [0.5, 0.6) is 0 Å². The van der Waals surface area contributed by atoms with Gasteiger partial charge in [-0.3, -0.25) is 9.20 Å². The molecule has 2 N–H and O–H groups in total. The van der Waals surface area contributed by atoms with Crippen molar-refractivity contribution in [3.8, 4) is 0 Å². The van der Waals surface area contributed by atoms with Gasteiger partial charge in [-0.05, 0) is 24.6 Å². The predicted molar refractivity (Wildman–Crippen MR) is 86.2 cm³/mol. The van der Waals surface area contributed by atoms with Crippen LogP contribution in [0.2, 0.25) is 0 Å². The number of hydrogen-bond donors (Lipinski definition) is 2. The van der Waals surface area contributed by atoms with Crippen LogP contribution in [0.1, 0.15) is 21.7 Å². The summed E-state index contributed by atoms with van der Waals surface area (Å²) >= 11 is 0. The number of nitrogens with zero attached hydrogens (tertiary/aromatic N) is 3. The summed E-state index contributed by atoms with van der Waals surface area (Å²) < 4.78 is 1.76. The van der Waals surface area contributed by atoms with Crippen LogP contribution < -0.4 is 5.32 Å². The fraction of sp³-hybridized carbons (Fsp3) is 0.235. The van der Waals surface area contributed by atoms with E-state index < -0.39 is 6.10 Å². The SMILES string of the molecule is Cc1nnc2ccc(C(=O)NCC(O)Cc3ccccc3)cn12. The Bertz CT molecular complexity index is 814. The summed E-state index contributed by atoms with van der Waals surface area (Å²) in [6, 6.07) is 13.1. The van der Waals surface area contributed by atoms with E-state index in [1.54, 1.807) is 22.7 Å². The van der Waals surface area contributed by atoms with Crippen molar-refractivity contribution in [2.75, 3.05) is 6.54 Å². The Hall–Kier alpha value is -2.73. The first kappa shape index (κ1) is 15.2. The number of carbonyl (C=O) groups is 1. The molecule has 1 atom stereocenters. The van der Waals surface area contributed by atoms with E-state index in [9.17, 15) is 9.90 Å². The summed E-state index contributed by atoms with van der Waals surface area (Å²) in [6.45, 7) is 2.03. The molecule has 0 spiro atoms. The molecule has 1 amide bonds. The van der Waals surface area contributed by atoms with E-state index >= 15 is 0 Å². The van der Waals surface area contributed by atoms with Crippen molar-refractivity contribution in [2.45, 2.75) is 19.4 Å². The second-order valence-electron chi connectivity index (χ2n) is 5.45. The number of nitrogens with one attached hydrogen (secondary N) is 1. The molecule has 0 radical (unpaired) electrons. The molecule has 0 fully saturated rings. The standard InChI is InChI=1S/C17H18N4O2/c1-12-19-20-16-8-7-14(11-21(12)16)17(23)18-10-15(22)9-13-5-3-2-4-6-13/h2-8,11,15,22H,9-10H2,1H3,(H,18,23). The summed E-state index contributed by atoms with van der Waals surface area (Å²) in [5.74, 6) is 0.492. The number of pyridine rings is 1. The van der Waals surface area contributed by atoms with Crippen LogP contribution in [0.15, 0.2) is 48.7 Å². The van der Waals surface area contributed by atoms with E-state index in [1.807, 2.05) is 37.3 Å². The van der Waals surface area contributed by atoms with Crippen LogP contribution in [-0.4, -0.2) is 38.3 Å². The molecule has 1 unspecified atom stereocenters. The van der Waals surface area contributed by atoms with Crippen molar-refractivity contribution < 1.29 is 9.90 Å². The van der Waals surface area contributed by atoms with Crippen molar-refractivity contribution in [1.82, 2.24) is 19.9 Å². The maximum Gasteiger partial charge on any atom is 0.252 e. The minimum Gasteiger partial charge on any atom is -0.391 e. The minimum atomic E-state index is -0.623. The Labute approximate surface area is 133 Å². The predicted octanol–water partition coefficient (Wildman–Crippen LogP) is 1.37. The van der Waals surface area contributed by atoms with Gasteiger partial charge < -0.3 is 10.4 Å². The number of carbonyl (C=O) groups excluding carboxylic acids is 1. The van der Waals surface area contributed by atoms with E-state index in [-0.39, 0.29) is 12.5 Å². The number of rotatable bonds is 5. The van der Waals surface area contributed by atoms with Gasteiger partial charge in [0, 0.05) is 19.2 Å². The molecule has 6 nitrogen and oxygen atoms in total. The van der Waals surface area contributed by atoms with Gasteiger partial charge in [-0.2, -0.15) is 0 Å². The second-order valence-corrected chi connectivity index (χ2v) is 5.45. The zero-order valence-corrected chi connectivity index (χ0v) is 12.8. The topological polar surface area (TPSA) is 79.5 Å². The molecule has 23 heavy (non-hydrogen) atoms. The number of fused-ring (bicyclic) bond motifs is 1. The molecule has 3 aromatic rings. The highest BCUT2D eigenvalue weighted by atomic mass is 16.3. The number of amides is 1. The number of aryl methyl sites for hydroxylation is 1. The van der Waals surface area contributed by atoms with E-state index in [2.05, 4.69) is 15.5 Å². The van der Waals surface area contributed by atoms with E-state index in [4.69, 9.17) is 0 Å². The summed E-state index contributed by atoms with van der Waals surface area (Å²) in [6.07, 6.45) is 1.58. The fourth-order valence-electron chi connectivity index (χ4n) is 2.41. The number of aromatic nitrogens is 3. The third kappa shape index (κ3) is 3.54. The number of aliphatic hydroxyl groups excluding tert-OH is 1. The van der Waals surface area contributed by atoms with Gasteiger partial charge in [0.15, 0.2) is 5.65 Å². The largest absolute Gasteiger partial charge is 0.391 e. The lowest BCUT2D eigenvalue weighted by Crippen LogP contribution is -2.33. The van der Waals surface area contributed by atoms with Gasteiger partial charge in [-0.15, -0.1) is 10.2 Å². The second kappa shape index (κ2) is 6.58. The van der Waals surface area contributed by atoms with E-state index in [0.29, 0.717) is 17.6 Å². The molecule has 0 saturated heterocycles. The molecule has 6 heteroatoms. The third-order valence-corrected chi connectivity index (χ3v) is 3.65. The first-order chi connectivity index (χ1) is 11.1. The molecule has 1 aromatic carbocycles. The molecule has 118 valence electrons. The summed E-state index contributed by atoms with van der Waals surface area (Å²) in [7, 11) is 0. The third-order valence-electron chi connectivity index (χ3n) is 3.65. The van der Waals surface area contributed by atoms with Gasteiger partial charge in [0.1, 0.15) is 5.82 Å². The van der Waals surface area contributed by atoms with E-state index in [1.165, 1.54) is 0 Å². The fourth-order valence-corrected chi connectivity index (χ4v) is 2.41. The Kier molecular flexibility index (Phi) is 4.34. The lowest BCUT2D eigenvalue weighted by atomic mass is 10.1. The van der Waals surface area contributed by atoms with Crippen LogP contribution in [0, 0.1) is 6.92 Å². The maximum atomic E-state index is 12.2. The average molecular weight is 310 g/mol. The Morgan fingerprint density at radius 2 is 2.00 bits per heavy atom. The van der Waals surface area contributed by atoms with Crippen LogP contribution in [-0.2, 0) is 6.42 Å². The van der Waals surface area contributed by atoms with E-state index in [0.717, 1.165) is 11.4 Å². The molecule has 0 saturated carbocycles. The molecule has 0 aliphatic rings. The van der Waals surface area contributed by atoms with Gasteiger partial charge in [-0.1, -0.05) is 30.3 Å². The first-order valence-electron chi connectivity index (χ1n) is 7.45. The summed E-state index contributed by atoms with van der Waals surface area (Å²) in [4.78, 5) is 12.2. The van der Waals surface area contributed by atoms with Gasteiger partial charge >= 0.3 is 0 Å². The average Bonchev–Trinajstić information content (AvgIpc) is 2.94. The van der Waals surface area contributed by atoms with Crippen molar-refractivity contribution in [1.29, 1.82) is 0 Å². The molecule has 0 bridgehead atoms. The smallest absolute Gasteiger partial charge is 0.252 e. The van der Waals surface area contributed by atoms with Crippen molar-refractivity contribution in [3.05, 3.63) is 65.6 Å². The van der Waals surface area contributed by atoms with Gasteiger partial charge in [0.25, 0.3) is 5.91 Å².